The minimum Gasteiger partial charge on any atom is -0.461 e. The first-order valence-corrected chi connectivity index (χ1v) is 7.92. The van der Waals surface area contributed by atoms with E-state index in [1.807, 2.05) is 20.8 Å². The van der Waals surface area contributed by atoms with Gasteiger partial charge in [-0.1, -0.05) is 5.16 Å². The molecule has 1 aromatic rings. The number of piperidine rings is 1. The van der Waals surface area contributed by atoms with E-state index in [1.165, 1.54) is 0 Å². The van der Waals surface area contributed by atoms with E-state index in [9.17, 15) is 9.59 Å². The molecule has 0 aromatic carbocycles. The van der Waals surface area contributed by atoms with Crippen molar-refractivity contribution >= 4 is 12.1 Å². The average molecular weight is 324 g/mol. The van der Waals surface area contributed by atoms with Crippen molar-refractivity contribution in [2.24, 2.45) is 0 Å². The molecule has 1 amide bonds. The molecule has 7 heteroatoms. The fourth-order valence-corrected chi connectivity index (χ4v) is 2.46. The van der Waals surface area contributed by atoms with Crippen LogP contribution in [0.25, 0.3) is 0 Å². The largest absolute Gasteiger partial charge is 0.461 e. The van der Waals surface area contributed by atoms with Gasteiger partial charge in [0.05, 0.1) is 6.61 Å². The van der Waals surface area contributed by atoms with Gasteiger partial charge < -0.3 is 18.9 Å². The van der Waals surface area contributed by atoms with Crippen molar-refractivity contribution in [3.05, 3.63) is 17.5 Å². The molecule has 2 rings (SSSR count). The fraction of sp³-hybridized carbons (Fsp3) is 0.688. The Morgan fingerprint density at radius 3 is 2.57 bits per heavy atom. The van der Waals surface area contributed by atoms with Gasteiger partial charge >= 0.3 is 12.1 Å². The van der Waals surface area contributed by atoms with Gasteiger partial charge in [-0.25, -0.2) is 9.59 Å². The number of carbonyl (C=O) groups is 2. The van der Waals surface area contributed by atoms with Crippen molar-refractivity contribution in [2.75, 3.05) is 19.7 Å². The number of hydrogen-bond donors (Lipinski definition) is 0. The molecule has 2 heterocycles. The maximum atomic E-state index is 12.0. The molecule has 0 atom stereocenters. The summed E-state index contributed by atoms with van der Waals surface area (Å²) in [5.74, 6) is 0.329. The van der Waals surface area contributed by atoms with Crippen LogP contribution in [0.5, 0.6) is 0 Å². The second-order valence-corrected chi connectivity index (χ2v) is 6.58. The molecule has 1 saturated heterocycles. The van der Waals surface area contributed by atoms with Gasteiger partial charge in [0.25, 0.3) is 0 Å². The number of esters is 1. The van der Waals surface area contributed by atoms with E-state index in [0.29, 0.717) is 25.5 Å². The molecule has 0 aliphatic carbocycles. The van der Waals surface area contributed by atoms with Gasteiger partial charge in [-0.05, 0) is 40.5 Å². The molecule has 0 bridgehead atoms. The highest BCUT2D eigenvalue weighted by molar-refractivity contribution is 5.87. The number of nitrogens with zero attached hydrogens (tertiary/aromatic N) is 2. The molecular formula is C16H24N2O5. The van der Waals surface area contributed by atoms with Gasteiger partial charge in [0.15, 0.2) is 5.69 Å². The Bertz CT molecular complexity index is 553. The fourth-order valence-electron chi connectivity index (χ4n) is 2.46. The Morgan fingerprint density at radius 1 is 1.35 bits per heavy atom. The third-order valence-corrected chi connectivity index (χ3v) is 3.56. The van der Waals surface area contributed by atoms with E-state index >= 15 is 0 Å². The minimum atomic E-state index is -0.493. The normalized spacial score (nSPS) is 16.3. The molecule has 7 nitrogen and oxygen atoms in total. The zero-order chi connectivity index (χ0) is 17.0. The lowest BCUT2D eigenvalue weighted by molar-refractivity contribution is 0.0198. The maximum absolute atomic E-state index is 12.0. The molecule has 0 radical (unpaired) electrons. The molecule has 0 unspecified atom stereocenters. The predicted octanol–water partition coefficient (Wildman–Crippen LogP) is 2.97. The molecule has 0 saturated carbocycles. The summed E-state index contributed by atoms with van der Waals surface area (Å²) in [6, 6.07) is 1.63. The van der Waals surface area contributed by atoms with E-state index in [0.717, 1.165) is 12.8 Å². The van der Waals surface area contributed by atoms with Crippen LogP contribution in [0, 0.1) is 0 Å². The predicted molar refractivity (Wildman–Crippen MR) is 82.2 cm³/mol. The molecule has 0 N–H and O–H groups in total. The first-order chi connectivity index (χ1) is 10.8. The zero-order valence-electron chi connectivity index (χ0n) is 14.1. The van der Waals surface area contributed by atoms with Gasteiger partial charge in [0.1, 0.15) is 11.4 Å². The van der Waals surface area contributed by atoms with Crippen LogP contribution in [0.2, 0.25) is 0 Å². The maximum Gasteiger partial charge on any atom is 0.410 e. The van der Waals surface area contributed by atoms with Crippen molar-refractivity contribution in [1.82, 2.24) is 10.1 Å². The number of hydrogen-bond acceptors (Lipinski definition) is 6. The summed E-state index contributed by atoms with van der Waals surface area (Å²) in [6.07, 6.45) is 1.20. The van der Waals surface area contributed by atoms with E-state index in [-0.39, 0.29) is 17.7 Å². The average Bonchev–Trinajstić information content (AvgIpc) is 2.96. The van der Waals surface area contributed by atoms with Gasteiger partial charge in [-0.3, -0.25) is 0 Å². The Morgan fingerprint density at radius 2 is 2.00 bits per heavy atom. The summed E-state index contributed by atoms with van der Waals surface area (Å²) < 4.78 is 15.5. The van der Waals surface area contributed by atoms with Crippen LogP contribution in [0.4, 0.5) is 4.79 Å². The van der Waals surface area contributed by atoms with Gasteiger partial charge in [0.2, 0.25) is 0 Å². The summed E-state index contributed by atoms with van der Waals surface area (Å²) in [5, 5.41) is 3.76. The van der Waals surface area contributed by atoms with E-state index in [2.05, 4.69) is 5.16 Å². The van der Waals surface area contributed by atoms with Crippen molar-refractivity contribution in [2.45, 2.75) is 52.1 Å². The van der Waals surface area contributed by atoms with Crippen LogP contribution in [-0.2, 0) is 9.47 Å². The molecular weight excluding hydrogens is 300 g/mol. The second-order valence-electron chi connectivity index (χ2n) is 6.58. The molecule has 1 aliphatic heterocycles. The summed E-state index contributed by atoms with van der Waals surface area (Å²) >= 11 is 0. The second kappa shape index (κ2) is 7.02. The zero-order valence-corrected chi connectivity index (χ0v) is 14.1. The van der Waals surface area contributed by atoms with Crippen LogP contribution in [-0.4, -0.2) is 47.4 Å². The van der Waals surface area contributed by atoms with Crippen LogP contribution in [0.15, 0.2) is 10.6 Å². The number of rotatable bonds is 3. The molecule has 0 spiro atoms. The van der Waals surface area contributed by atoms with E-state index in [4.69, 9.17) is 14.0 Å². The Kier molecular flexibility index (Phi) is 5.28. The van der Waals surface area contributed by atoms with Gasteiger partial charge in [-0.2, -0.15) is 0 Å². The summed E-state index contributed by atoms with van der Waals surface area (Å²) in [5.41, 5.74) is -0.302. The van der Waals surface area contributed by atoms with Gasteiger partial charge in [-0.15, -0.1) is 0 Å². The Hall–Kier alpha value is -2.05. The number of ether oxygens (including phenoxy) is 2. The number of carbonyl (C=O) groups excluding carboxylic acids is 2. The lowest BCUT2D eigenvalue weighted by Crippen LogP contribution is -2.41. The first kappa shape index (κ1) is 17.3. The molecule has 23 heavy (non-hydrogen) atoms. The van der Waals surface area contributed by atoms with Crippen molar-refractivity contribution in [3.63, 3.8) is 0 Å². The third kappa shape index (κ3) is 4.71. The minimum absolute atomic E-state index is 0.143. The highest BCUT2D eigenvalue weighted by atomic mass is 16.6. The standard InChI is InChI=1S/C16H24N2O5/c1-5-21-14(19)12-10-13(23-17-12)11-6-8-18(9-7-11)15(20)22-16(2,3)4/h10-11H,5-9H2,1-4H3. The van der Waals surface area contributed by atoms with Crippen LogP contribution in [0.3, 0.4) is 0 Å². The Labute approximate surface area is 135 Å². The molecule has 1 aromatic heterocycles. The quantitative estimate of drug-likeness (QED) is 0.795. The van der Waals surface area contributed by atoms with Gasteiger partial charge in [0, 0.05) is 25.1 Å². The van der Waals surface area contributed by atoms with Crippen molar-refractivity contribution in [3.8, 4) is 0 Å². The molecule has 1 fully saturated rings. The summed E-state index contributed by atoms with van der Waals surface area (Å²) in [6.45, 7) is 8.78. The number of likely N-dealkylation sites (tertiary alicyclic amines) is 1. The highest BCUT2D eigenvalue weighted by Gasteiger charge is 2.29. The monoisotopic (exact) mass is 324 g/mol. The van der Waals surface area contributed by atoms with E-state index < -0.39 is 11.6 Å². The summed E-state index contributed by atoms with van der Waals surface area (Å²) in [7, 11) is 0. The van der Waals surface area contributed by atoms with Crippen LogP contribution >= 0.6 is 0 Å². The third-order valence-electron chi connectivity index (χ3n) is 3.56. The van der Waals surface area contributed by atoms with Crippen LogP contribution < -0.4 is 0 Å². The Balaban J connectivity index is 1.89. The first-order valence-electron chi connectivity index (χ1n) is 7.92. The SMILES string of the molecule is CCOC(=O)c1cc(C2CCN(C(=O)OC(C)(C)C)CC2)on1. The smallest absolute Gasteiger partial charge is 0.410 e. The lowest BCUT2D eigenvalue weighted by Gasteiger charge is -2.32. The number of amides is 1. The van der Waals surface area contributed by atoms with E-state index in [1.54, 1.807) is 17.9 Å². The molecule has 1 aliphatic rings. The number of aromatic nitrogens is 1. The summed E-state index contributed by atoms with van der Waals surface area (Å²) in [4.78, 5) is 25.3. The topological polar surface area (TPSA) is 81.9 Å². The highest BCUT2D eigenvalue weighted by Crippen LogP contribution is 2.29. The van der Waals surface area contributed by atoms with Crippen LogP contribution in [0.1, 0.15) is 62.7 Å². The van der Waals surface area contributed by atoms with Crippen molar-refractivity contribution in [1.29, 1.82) is 0 Å². The lowest BCUT2D eigenvalue weighted by atomic mass is 9.94. The van der Waals surface area contributed by atoms with Crippen molar-refractivity contribution < 1.29 is 23.6 Å². The molecule has 128 valence electrons.